The third kappa shape index (κ3) is 4.88. The summed E-state index contributed by atoms with van der Waals surface area (Å²) in [5.74, 6) is 2.19. The molecule has 0 bridgehead atoms. The smallest absolute Gasteiger partial charge is 0.193 e. The molecule has 0 spiro atoms. The van der Waals surface area contributed by atoms with Crippen molar-refractivity contribution in [2.75, 3.05) is 46.5 Å². The Morgan fingerprint density at radius 2 is 2.35 bits per heavy atom. The van der Waals surface area contributed by atoms with E-state index in [0.29, 0.717) is 5.25 Å². The fourth-order valence-corrected chi connectivity index (χ4v) is 4.07. The number of aryl methyl sites for hydroxylation is 1. The lowest BCUT2D eigenvalue weighted by atomic mass is 10.1. The zero-order chi connectivity index (χ0) is 16.8. The van der Waals surface area contributed by atoms with Gasteiger partial charge in [-0.25, -0.2) is 0 Å². The zero-order valence-electron chi connectivity index (χ0n) is 15.0. The van der Waals surface area contributed by atoms with Crippen molar-refractivity contribution in [1.82, 2.24) is 24.9 Å². The van der Waals surface area contributed by atoms with Crippen LogP contribution >= 0.6 is 11.8 Å². The number of likely N-dealkylation sites (N-methyl/N-ethyl adjacent to an activating group) is 1. The molecule has 1 saturated heterocycles. The first-order valence-corrected chi connectivity index (χ1v) is 9.32. The van der Waals surface area contributed by atoms with Gasteiger partial charge in [-0.15, -0.1) is 0 Å². The van der Waals surface area contributed by atoms with Gasteiger partial charge in [0.15, 0.2) is 5.96 Å². The number of nitrogens with zero attached hydrogens (tertiary/aromatic N) is 5. The standard InChI is InChI=1S/C16H30N6S/c1-6-14-12-22(7-8-23-14)16(17-2)18-10-15(20(3)4)13-9-19-21(5)11-13/h9,11,14-15H,6-8,10,12H2,1-5H3,(H,17,18). The van der Waals surface area contributed by atoms with Gasteiger partial charge in [-0.05, 0) is 20.5 Å². The minimum Gasteiger partial charge on any atom is -0.354 e. The molecule has 6 nitrogen and oxygen atoms in total. The van der Waals surface area contributed by atoms with Crippen LogP contribution in [0.5, 0.6) is 0 Å². The van der Waals surface area contributed by atoms with Gasteiger partial charge in [0.05, 0.1) is 12.2 Å². The molecule has 2 rings (SSSR count). The van der Waals surface area contributed by atoms with Crippen molar-refractivity contribution < 1.29 is 0 Å². The van der Waals surface area contributed by atoms with E-state index in [0.717, 1.165) is 25.6 Å². The van der Waals surface area contributed by atoms with Crippen LogP contribution in [0, 0.1) is 0 Å². The number of guanidine groups is 1. The summed E-state index contributed by atoms with van der Waals surface area (Å²) < 4.78 is 1.86. The van der Waals surface area contributed by atoms with Crippen LogP contribution in [0.25, 0.3) is 0 Å². The van der Waals surface area contributed by atoms with Gasteiger partial charge in [-0.2, -0.15) is 16.9 Å². The Kier molecular flexibility index (Phi) is 6.77. The molecule has 0 amide bonds. The van der Waals surface area contributed by atoms with Crippen LogP contribution in [0.2, 0.25) is 0 Å². The van der Waals surface area contributed by atoms with Crippen LogP contribution in [0.3, 0.4) is 0 Å². The first-order valence-electron chi connectivity index (χ1n) is 8.27. The SMILES string of the molecule is CCC1CN(C(=NC)NCC(c2cnn(C)c2)N(C)C)CCS1. The fraction of sp³-hybridized carbons (Fsp3) is 0.750. The summed E-state index contributed by atoms with van der Waals surface area (Å²) >= 11 is 2.08. The van der Waals surface area contributed by atoms with E-state index in [4.69, 9.17) is 0 Å². The van der Waals surface area contributed by atoms with Gasteiger partial charge >= 0.3 is 0 Å². The number of nitrogens with one attached hydrogen (secondary N) is 1. The van der Waals surface area contributed by atoms with E-state index < -0.39 is 0 Å². The van der Waals surface area contributed by atoms with Gasteiger partial charge in [0.25, 0.3) is 0 Å². The molecule has 1 N–H and O–H groups in total. The Bertz CT molecular complexity index is 512. The third-order valence-corrected chi connectivity index (χ3v) is 5.66. The van der Waals surface area contributed by atoms with Crippen LogP contribution in [-0.2, 0) is 7.05 Å². The van der Waals surface area contributed by atoms with Crippen molar-refractivity contribution in [3.05, 3.63) is 18.0 Å². The average molecular weight is 339 g/mol. The second-order valence-electron chi connectivity index (χ2n) is 6.20. The number of aromatic nitrogens is 2. The van der Waals surface area contributed by atoms with Gasteiger partial charge in [-0.1, -0.05) is 6.92 Å². The second kappa shape index (κ2) is 8.59. The van der Waals surface area contributed by atoms with Gasteiger partial charge in [0, 0.05) is 56.5 Å². The number of thioether (sulfide) groups is 1. The van der Waals surface area contributed by atoms with Gasteiger partial charge < -0.3 is 15.1 Å². The summed E-state index contributed by atoms with van der Waals surface area (Å²) in [7, 11) is 8.04. The van der Waals surface area contributed by atoms with Crippen LogP contribution in [0.4, 0.5) is 0 Å². The number of aliphatic imine (C=N–C) groups is 1. The van der Waals surface area contributed by atoms with Crippen molar-refractivity contribution in [2.45, 2.75) is 24.6 Å². The average Bonchev–Trinajstić information content (AvgIpc) is 2.97. The highest BCUT2D eigenvalue weighted by Gasteiger charge is 2.23. The summed E-state index contributed by atoms with van der Waals surface area (Å²) in [6.45, 7) is 5.24. The number of hydrogen-bond donors (Lipinski definition) is 1. The quantitative estimate of drug-likeness (QED) is 0.650. The molecule has 1 aromatic heterocycles. The molecule has 130 valence electrons. The van der Waals surface area contributed by atoms with Crippen molar-refractivity contribution in [2.24, 2.45) is 12.0 Å². The van der Waals surface area contributed by atoms with Crippen LogP contribution in [0.15, 0.2) is 17.4 Å². The monoisotopic (exact) mass is 338 g/mol. The largest absolute Gasteiger partial charge is 0.354 e. The van der Waals surface area contributed by atoms with Gasteiger partial charge in [0.2, 0.25) is 0 Å². The lowest BCUT2D eigenvalue weighted by molar-refractivity contribution is 0.293. The Morgan fingerprint density at radius 1 is 1.57 bits per heavy atom. The third-order valence-electron chi connectivity index (χ3n) is 4.29. The molecular weight excluding hydrogens is 308 g/mol. The predicted molar refractivity (Wildman–Crippen MR) is 99.1 cm³/mol. The highest BCUT2D eigenvalue weighted by atomic mass is 32.2. The highest BCUT2D eigenvalue weighted by molar-refractivity contribution is 8.00. The Labute approximate surface area is 144 Å². The first kappa shape index (κ1) is 18.1. The van der Waals surface area contributed by atoms with Gasteiger partial charge in [0.1, 0.15) is 0 Å². The summed E-state index contributed by atoms with van der Waals surface area (Å²) in [4.78, 5) is 9.10. The van der Waals surface area contributed by atoms with E-state index in [1.54, 1.807) is 0 Å². The maximum absolute atomic E-state index is 4.49. The topological polar surface area (TPSA) is 48.7 Å². The van der Waals surface area contributed by atoms with Gasteiger partial charge in [-0.3, -0.25) is 9.67 Å². The van der Waals surface area contributed by atoms with Crippen molar-refractivity contribution in [3.63, 3.8) is 0 Å². The second-order valence-corrected chi connectivity index (χ2v) is 7.61. The maximum atomic E-state index is 4.49. The first-order chi connectivity index (χ1) is 11.0. The van der Waals surface area contributed by atoms with Crippen LogP contribution in [0.1, 0.15) is 24.9 Å². The van der Waals surface area contributed by atoms with E-state index >= 15 is 0 Å². The lowest BCUT2D eigenvalue weighted by Gasteiger charge is -2.35. The molecule has 0 aromatic carbocycles. The van der Waals surface area contributed by atoms with Crippen molar-refractivity contribution in [1.29, 1.82) is 0 Å². The Balaban J connectivity index is 1.98. The zero-order valence-corrected chi connectivity index (χ0v) is 15.8. The summed E-state index contributed by atoms with van der Waals surface area (Å²) in [5.41, 5.74) is 1.22. The summed E-state index contributed by atoms with van der Waals surface area (Å²) in [6.07, 6.45) is 5.24. The minimum absolute atomic E-state index is 0.279. The van der Waals surface area contributed by atoms with E-state index in [9.17, 15) is 0 Å². The Hall–Kier alpha value is -1.21. The van der Waals surface area contributed by atoms with E-state index in [1.165, 1.54) is 17.7 Å². The van der Waals surface area contributed by atoms with Crippen LogP contribution < -0.4 is 5.32 Å². The number of hydrogen-bond acceptors (Lipinski definition) is 4. The highest BCUT2D eigenvalue weighted by Crippen LogP contribution is 2.21. The predicted octanol–water partition coefficient (Wildman–Crippen LogP) is 1.43. The molecule has 1 fully saturated rings. The van der Waals surface area contributed by atoms with E-state index in [1.807, 2.05) is 25.0 Å². The maximum Gasteiger partial charge on any atom is 0.193 e. The molecule has 0 saturated carbocycles. The lowest BCUT2D eigenvalue weighted by Crippen LogP contribution is -2.49. The molecular formula is C16H30N6S. The molecule has 2 unspecified atom stereocenters. The molecule has 7 heteroatoms. The molecule has 1 aliphatic heterocycles. The van der Waals surface area contributed by atoms with Crippen LogP contribution in [-0.4, -0.2) is 77.3 Å². The molecule has 1 aromatic rings. The van der Waals surface area contributed by atoms with E-state index in [2.05, 4.69) is 64.2 Å². The molecule has 23 heavy (non-hydrogen) atoms. The molecule has 2 heterocycles. The summed E-state index contributed by atoms with van der Waals surface area (Å²) in [5, 5.41) is 8.57. The minimum atomic E-state index is 0.279. The molecule has 1 aliphatic rings. The van der Waals surface area contributed by atoms with Crippen molar-refractivity contribution >= 4 is 17.7 Å². The molecule has 0 radical (unpaired) electrons. The van der Waals surface area contributed by atoms with Crippen molar-refractivity contribution in [3.8, 4) is 0 Å². The van der Waals surface area contributed by atoms with E-state index in [-0.39, 0.29) is 6.04 Å². The fourth-order valence-electron chi connectivity index (χ4n) is 2.89. The summed E-state index contributed by atoms with van der Waals surface area (Å²) in [6, 6.07) is 0.279. The number of rotatable bonds is 5. The normalized spacial score (nSPS) is 20.9. The Morgan fingerprint density at radius 3 is 2.91 bits per heavy atom. The molecule has 0 aliphatic carbocycles. The molecule has 2 atom stereocenters.